The number of ether oxygens (including phenoxy) is 2. The minimum atomic E-state index is -0.922. The highest BCUT2D eigenvalue weighted by Gasteiger charge is 2.22. The van der Waals surface area contributed by atoms with Gasteiger partial charge in [-0.1, -0.05) is 30.3 Å². The fraction of sp³-hybridized carbons (Fsp3) is 0.133. The number of benzene rings is 2. The van der Waals surface area contributed by atoms with Crippen molar-refractivity contribution in [2.24, 2.45) is 0 Å². The Morgan fingerprint density at radius 3 is 2.20 bits per heavy atom. The van der Waals surface area contributed by atoms with Crippen molar-refractivity contribution < 1.29 is 19.5 Å². The molecule has 0 saturated heterocycles. The molecule has 0 spiro atoms. The monoisotopic (exact) mass is 273 g/mol. The predicted molar refractivity (Wildman–Crippen MR) is 72.7 cm³/mol. The number of nitrogens with one attached hydrogen (secondary N) is 1. The highest BCUT2D eigenvalue weighted by atomic mass is 16.5. The van der Waals surface area contributed by atoms with Gasteiger partial charge >= 0.3 is 0 Å². The Hall–Kier alpha value is -2.53. The molecule has 2 aromatic carbocycles. The predicted octanol–water partition coefficient (Wildman–Crippen LogP) is 2.32. The lowest BCUT2D eigenvalue weighted by molar-refractivity contribution is -0.136. The zero-order valence-electron chi connectivity index (χ0n) is 10.9. The normalized spacial score (nSPS) is 11.5. The van der Waals surface area contributed by atoms with Gasteiger partial charge in [-0.05, 0) is 24.3 Å². The fourth-order valence-corrected chi connectivity index (χ4v) is 1.75. The molecule has 0 aliphatic rings. The molecule has 1 unspecified atom stereocenters. The summed E-state index contributed by atoms with van der Waals surface area (Å²) < 4.78 is 10.7. The number of carbonyl (C=O) groups excluding carboxylic acids is 1. The highest BCUT2D eigenvalue weighted by molar-refractivity contribution is 5.81. The molecule has 2 N–H and O–H groups in total. The first-order valence-electron chi connectivity index (χ1n) is 6.04. The zero-order valence-corrected chi connectivity index (χ0v) is 10.9. The third-order valence-corrected chi connectivity index (χ3v) is 2.76. The van der Waals surface area contributed by atoms with Gasteiger partial charge in [0.25, 0.3) is 5.91 Å². The van der Waals surface area contributed by atoms with Gasteiger partial charge in [-0.3, -0.25) is 10.0 Å². The van der Waals surface area contributed by atoms with E-state index in [1.54, 1.807) is 61.1 Å². The summed E-state index contributed by atoms with van der Waals surface area (Å²) in [6.45, 7) is 0. The molecule has 2 aromatic rings. The molecule has 0 radical (unpaired) electrons. The van der Waals surface area contributed by atoms with E-state index in [4.69, 9.17) is 14.7 Å². The lowest BCUT2D eigenvalue weighted by Gasteiger charge is -2.17. The van der Waals surface area contributed by atoms with Crippen molar-refractivity contribution in [3.63, 3.8) is 0 Å². The van der Waals surface area contributed by atoms with E-state index in [0.717, 1.165) is 0 Å². The molecule has 2 rings (SSSR count). The maximum absolute atomic E-state index is 11.7. The molecule has 0 bridgehead atoms. The summed E-state index contributed by atoms with van der Waals surface area (Å²) >= 11 is 0. The number of carbonyl (C=O) groups is 1. The summed E-state index contributed by atoms with van der Waals surface area (Å²) in [5.41, 5.74) is 2.27. The molecular weight excluding hydrogens is 258 g/mol. The van der Waals surface area contributed by atoms with Gasteiger partial charge in [-0.15, -0.1) is 0 Å². The van der Waals surface area contributed by atoms with E-state index in [2.05, 4.69) is 0 Å². The van der Waals surface area contributed by atoms with Crippen LogP contribution in [-0.2, 0) is 4.79 Å². The lowest BCUT2D eigenvalue weighted by Crippen LogP contribution is -2.29. The average molecular weight is 273 g/mol. The summed E-state index contributed by atoms with van der Waals surface area (Å²) in [6, 6.07) is 15.8. The molecule has 1 amide bonds. The molecule has 0 saturated carbocycles. The number of hydrogen-bond donors (Lipinski definition) is 2. The Labute approximate surface area is 116 Å². The van der Waals surface area contributed by atoms with Crippen LogP contribution in [0.5, 0.6) is 11.5 Å². The van der Waals surface area contributed by atoms with Crippen molar-refractivity contribution in [3.05, 3.63) is 60.2 Å². The van der Waals surface area contributed by atoms with Crippen LogP contribution in [0.1, 0.15) is 11.7 Å². The van der Waals surface area contributed by atoms with Gasteiger partial charge in [0, 0.05) is 5.56 Å². The molecule has 0 aliphatic carbocycles. The Morgan fingerprint density at radius 2 is 1.65 bits per heavy atom. The fourth-order valence-electron chi connectivity index (χ4n) is 1.75. The van der Waals surface area contributed by atoms with Crippen molar-refractivity contribution >= 4 is 5.91 Å². The second-order valence-corrected chi connectivity index (χ2v) is 4.06. The summed E-state index contributed by atoms with van der Waals surface area (Å²) in [6.07, 6.45) is -0.922. The zero-order chi connectivity index (χ0) is 14.4. The minimum Gasteiger partial charge on any atom is -0.497 e. The van der Waals surface area contributed by atoms with Crippen LogP contribution in [0.4, 0.5) is 0 Å². The largest absolute Gasteiger partial charge is 0.497 e. The van der Waals surface area contributed by atoms with Crippen LogP contribution >= 0.6 is 0 Å². The van der Waals surface area contributed by atoms with Gasteiger partial charge in [-0.2, -0.15) is 0 Å². The van der Waals surface area contributed by atoms with Crippen molar-refractivity contribution in [3.8, 4) is 11.5 Å². The minimum absolute atomic E-state index is 0.503. The van der Waals surface area contributed by atoms with E-state index in [-0.39, 0.29) is 0 Å². The summed E-state index contributed by atoms with van der Waals surface area (Å²) in [4.78, 5) is 11.7. The van der Waals surface area contributed by atoms with E-state index in [1.807, 2.05) is 6.07 Å². The van der Waals surface area contributed by atoms with Gasteiger partial charge in [0.15, 0.2) is 0 Å². The number of rotatable bonds is 5. The molecule has 0 aliphatic heterocycles. The van der Waals surface area contributed by atoms with E-state index >= 15 is 0 Å². The summed E-state index contributed by atoms with van der Waals surface area (Å²) in [7, 11) is 1.57. The third kappa shape index (κ3) is 3.27. The van der Waals surface area contributed by atoms with Crippen molar-refractivity contribution in [2.45, 2.75) is 6.10 Å². The summed E-state index contributed by atoms with van der Waals surface area (Å²) in [5, 5.41) is 8.83. The standard InChI is InChI=1S/C15H15NO4/c1-19-12-7-9-13(10-8-12)20-14(15(17)16-18)11-5-3-2-4-6-11/h2-10,14,18H,1H3,(H,16,17). The number of hydroxylamine groups is 1. The van der Waals surface area contributed by atoms with Gasteiger partial charge in [-0.25, -0.2) is 5.48 Å². The SMILES string of the molecule is COc1ccc(OC(C(=O)NO)c2ccccc2)cc1. The van der Waals surface area contributed by atoms with Crippen molar-refractivity contribution in [1.29, 1.82) is 0 Å². The third-order valence-electron chi connectivity index (χ3n) is 2.76. The maximum Gasteiger partial charge on any atom is 0.289 e. The second-order valence-electron chi connectivity index (χ2n) is 4.06. The molecule has 0 fully saturated rings. The Kier molecular flexibility index (Phi) is 4.57. The van der Waals surface area contributed by atoms with E-state index in [1.165, 1.54) is 0 Å². The quantitative estimate of drug-likeness (QED) is 0.648. The smallest absolute Gasteiger partial charge is 0.289 e. The highest BCUT2D eigenvalue weighted by Crippen LogP contribution is 2.24. The first kappa shape index (κ1) is 13.9. The molecular formula is C15H15NO4. The van der Waals surface area contributed by atoms with E-state index in [0.29, 0.717) is 17.1 Å². The van der Waals surface area contributed by atoms with Crippen LogP contribution in [0.2, 0.25) is 0 Å². The van der Waals surface area contributed by atoms with Gasteiger partial charge in [0.1, 0.15) is 11.5 Å². The van der Waals surface area contributed by atoms with Crippen LogP contribution < -0.4 is 15.0 Å². The first-order chi connectivity index (χ1) is 9.74. The van der Waals surface area contributed by atoms with Gasteiger partial charge in [0.05, 0.1) is 7.11 Å². The Morgan fingerprint density at radius 1 is 1.05 bits per heavy atom. The second kappa shape index (κ2) is 6.58. The maximum atomic E-state index is 11.7. The molecule has 5 heteroatoms. The van der Waals surface area contributed by atoms with Crippen LogP contribution in [0.25, 0.3) is 0 Å². The first-order valence-corrected chi connectivity index (χ1v) is 6.04. The van der Waals surface area contributed by atoms with Crippen molar-refractivity contribution in [2.75, 3.05) is 7.11 Å². The summed E-state index contributed by atoms with van der Waals surface area (Å²) in [5.74, 6) is 0.565. The van der Waals surface area contributed by atoms with Gasteiger partial charge < -0.3 is 9.47 Å². The molecule has 0 heterocycles. The topological polar surface area (TPSA) is 67.8 Å². The Bertz CT molecular complexity index is 554. The van der Waals surface area contributed by atoms with Gasteiger partial charge in [0.2, 0.25) is 6.10 Å². The molecule has 1 atom stereocenters. The average Bonchev–Trinajstić information content (AvgIpc) is 2.53. The number of methoxy groups -OCH3 is 1. The van der Waals surface area contributed by atoms with Crippen LogP contribution in [0.3, 0.4) is 0 Å². The molecule has 104 valence electrons. The molecule has 5 nitrogen and oxygen atoms in total. The molecule has 20 heavy (non-hydrogen) atoms. The molecule has 0 aromatic heterocycles. The van der Waals surface area contributed by atoms with Crippen LogP contribution in [0.15, 0.2) is 54.6 Å². The van der Waals surface area contributed by atoms with Crippen LogP contribution in [-0.4, -0.2) is 18.2 Å². The van der Waals surface area contributed by atoms with Crippen molar-refractivity contribution in [1.82, 2.24) is 5.48 Å². The van der Waals surface area contributed by atoms with E-state index in [9.17, 15) is 4.79 Å². The number of amides is 1. The van der Waals surface area contributed by atoms with E-state index < -0.39 is 12.0 Å². The Balaban J connectivity index is 2.21. The van der Waals surface area contributed by atoms with Crippen LogP contribution in [0, 0.1) is 0 Å². The number of hydrogen-bond acceptors (Lipinski definition) is 4. The lowest BCUT2D eigenvalue weighted by atomic mass is 10.1.